The number of ether oxygens (including phenoxy) is 1. The van der Waals surface area contributed by atoms with Crippen LogP contribution >= 0.6 is 0 Å². The number of benzene rings is 3. The number of sulfone groups is 1. The molecule has 0 fully saturated rings. The topological polar surface area (TPSA) is 89.5 Å². The van der Waals surface area contributed by atoms with Crippen LogP contribution in [0.25, 0.3) is 0 Å². The second-order valence-electron chi connectivity index (χ2n) is 7.83. The Balaban J connectivity index is 1.71. The van der Waals surface area contributed by atoms with E-state index in [-0.39, 0.29) is 30.1 Å². The van der Waals surface area contributed by atoms with Crippen molar-refractivity contribution in [1.82, 2.24) is 5.32 Å². The summed E-state index contributed by atoms with van der Waals surface area (Å²) in [5, 5.41) is 1.57. The lowest BCUT2D eigenvalue weighted by Gasteiger charge is -2.19. The number of hydrogen-bond acceptors (Lipinski definition) is 5. The average molecular weight is 484 g/mol. The molecule has 1 atom stereocenters. The van der Waals surface area contributed by atoms with E-state index in [1.807, 2.05) is 13.0 Å². The normalized spacial score (nSPS) is 12.1. The van der Waals surface area contributed by atoms with Gasteiger partial charge < -0.3 is 10.1 Å². The summed E-state index contributed by atoms with van der Waals surface area (Å²) in [6.45, 7) is 1.67. The number of rotatable bonds is 10. The van der Waals surface area contributed by atoms with Gasteiger partial charge in [0.15, 0.2) is 15.6 Å². The molecule has 0 aromatic heterocycles. The van der Waals surface area contributed by atoms with Gasteiger partial charge in [-0.15, -0.1) is 0 Å². The first kappa shape index (κ1) is 25.1. The molecular weight excluding hydrogens is 457 g/mol. The van der Waals surface area contributed by atoms with E-state index in [1.54, 1.807) is 42.5 Å². The summed E-state index contributed by atoms with van der Waals surface area (Å²) in [7, 11) is -2.45. The van der Waals surface area contributed by atoms with E-state index in [4.69, 9.17) is 4.74 Å². The number of carbonyl (C=O) groups is 2. The fraction of sp³-hybridized carbons (Fsp3) is 0.231. The highest BCUT2D eigenvalue weighted by molar-refractivity contribution is 7.91. The van der Waals surface area contributed by atoms with Crippen LogP contribution in [0.5, 0.6) is 5.75 Å². The Hall–Kier alpha value is -3.52. The third kappa shape index (κ3) is 6.08. The maximum Gasteiger partial charge on any atom is 0.220 e. The van der Waals surface area contributed by atoms with Gasteiger partial charge in [-0.05, 0) is 48.9 Å². The summed E-state index contributed by atoms with van der Waals surface area (Å²) < 4.78 is 45.1. The molecule has 34 heavy (non-hydrogen) atoms. The van der Waals surface area contributed by atoms with E-state index < -0.39 is 26.8 Å². The van der Waals surface area contributed by atoms with Crippen LogP contribution in [-0.4, -0.2) is 33.8 Å². The first-order valence-corrected chi connectivity index (χ1v) is 12.3. The van der Waals surface area contributed by atoms with E-state index in [0.717, 1.165) is 17.7 Å². The molecule has 0 aliphatic rings. The minimum Gasteiger partial charge on any atom is -0.496 e. The van der Waals surface area contributed by atoms with Gasteiger partial charge in [0.05, 0.1) is 17.6 Å². The lowest BCUT2D eigenvalue weighted by atomic mass is 10.0. The summed E-state index contributed by atoms with van der Waals surface area (Å²) in [5.74, 6) is -0.798. The Morgan fingerprint density at radius 2 is 1.65 bits per heavy atom. The van der Waals surface area contributed by atoms with Gasteiger partial charge in [0.2, 0.25) is 5.91 Å². The third-order valence-electron chi connectivity index (χ3n) is 5.41. The zero-order valence-electron chi connectivity index (χ0n) is 19.0. The number of methoxy groups -OCH3 is 1. The van der Waals surface area contributed by atoms with Crippen molar-refractivity contribution in [2.24, 2.45) is 0 Å². The van der Waals surface area contributed by atoms with Crippen molar-refractivity contribution in [1.29, 1.82) is 0 Å². The zero-order valence-corrected chi connectivity index (χ0v) is 19.8. The van der Waals surface area contributed by atoms with Crippen LogP contribution in [0.1, 0.15) is 39.6 Å². The molecule has 0 bridgehead atoms. The van der Waals surface area contributed by atoms with Crippen molar-refractivity contribution in [2.75, 3.05) is 13.7 Å². The van der Waals surface area contributed by atoms with Gasteiger partial charge in [0.25, 0.3) is 0 Å². The molecule has 8 heteroatoms. The first-order valence-electron chi connectivity index (χ1n) is 10.7. The van der Waals surface area contributed by atoms with Crippen LogP contribution in [0.2, 0.25) is 0 Å². The number of amides is 1. The Morgan fingerprint density at radius 1 is 0.971 bits per heavy atom. The highest BCUT2D eigenvalue weighted by Gasteiger charge is 2.29. The van der Waals surface area contributed by atoms with Gasteiger partial charge in [-0.1, -0.05) is 42.0 Å². The van der Waals surface area contributed by atoms with Crippen molar-refractivity contribution in [3.8, 4) is 5.75 Å². The van der Waals surface area contributed by atoms with Gasteiger partial charge in [0, 0.05) is 19.4 Å². The fourth-order valence-corrected chi connectivity index (χ4v) is 5.22. The Kier molecular flexibility index (Phi) is 8.17. The number of carbonyl (C=O) groups excluding carboxylic acids is 2. The summed E-state index contributed by atoms with van der Waals surface area (Å²) >= 11 is 0. The van der Waals surface area contributed by atoms with E-state index in [1.165, 1.54) is 19.2 Å². The predicted octanol–water partition coefficient (Wildman–Crippen LogP) is 4.44. The van der Waals surface area contributed by atoms with Crippen LogP contribution in [-0.2, 0) is 14.6 Å². The second kappa shape index (κ2) is 11.1. The second-order valence-corrected chi connectivity index (χ2v) is 9.96. The van der Waals surface area contributed by atoms with Crippen molar-refractivity contribution in [3.63, 3.8) is 0 Å². The molecule has 3 aromatic carbocycles. The van der Waals surface area contributed by atoms with E-state index in [0.29, 0.717) is 16.9 Å². The zero-order chi connectivity index (χ0) is 24.7. The highest BCUT2D eigenvalue weighted by Crippen LogP contribution is 2.29. The molecule has 0 saturated heterocycles. The SMILES string of the molecule is COc1ccc(C)cc1C(=O)CCC(=O)NCC(c1ccccc1)S(=O)(=O)c1ccc(F)cc1. The number of nitrogens with one attached hydrogen (secondary N) is 1. The number of ketones is 1. The van der Waals surface area contributed by atoms with Crippen molar-refractivity contribution in [3.05, 3.63) is 95.3 Å². The highest BCUT2D eigenvalue weighted by atomic mass is 32.2. The molecule has 0 spiro atoms. The summed E-state index contributed by atoms with van der Waals surface area (Å²) in [4.78, 5) is 25.1. The van der Waals surface area contributed by atoms with Crippen molar-refractivity contribution >= 4 is 21.5 Å². The first-order chi connectivity index (χ1) is 16.2. The lowest BCUT2D eigenvalue weighted by molar-refractivity contribution is -0.121. The standard InChI is InChI=1S/C26H26FNO5S/c1-18-8-14-24(33-2)22(16-18)23(29)13-15-26(30)28-17-25(19-6-4-3-5-7-19)34(31,32)21-11-9-20(27)10-12-21/h3-12,14,16,25H,13,15,17H2,1-2H3,(H,28,30). The van der Waals surface area contributed by atoms with Gasteiger partial charge in [-0.2, -0.15) is 0 Å². The molecule has 1 N–H and O–H groups in total. The Bertz CT molecular complexity index is 1260. The quantitative estimate of drug-likeness (QED) is 0.340. The fourth-order valence-electron chi connectivity index (χ4n) is 3.56. The number of Topliss-reactive ketones (excluding diaryl/α,β-unsaturated/α-hetero) is 1. The molecule has 3 rings (SSSR count). The lowest BCUT2D eigenvalue weighted by Crippen LogP contribution is -2.32. The van der Waals surface area contributed by atoms with E-state index >= 15 is 0 Å². The predicted molar refractivity (Wildman–Crippen MR) is 127 cm³/mol. The number of hydrogen-bond donors (Lipinski definition) is 1. The molecular formula is C26H26FNO5S. The minimum atomic E-state index is -3.92. The van der Waals surface area contributed by atoms with Crippen molar-refractivity contribution < 1.29 is 27.1 Å². The Morgan fingerprint density at radius 3 is 2.29 bits per heavy atom. The average Bonchev–Trinajstić information content (AvgIpc) is 2.83. The summed E-state index contributed by atoms with van der Waals surface area (Å²) in [5.41, 5.74) is 1.79. The maximum absolute atomic E-state index is 13.3. The van der Waals surface area contributed by atoms with E-state index in [2.05, 4.69) is 5.32 Å². The molecule has 3 aromatic rings. The van der Waals surface area contributed by atoms with Gasteiger partial charge in [0.1, 0.15) is 16.8 Å². The van der Waals surface area contributed by atoms with Crippen LogP contribution in [0.15, 0.2) is 77.7 Å². The van der Waals surface area contributed by atoms with Crippen molar-refractivity contribution in [2.45, 2.75) is 29.9 Å². The molecule has 1 amide bonds. The van der Waals surface area contributed by atoms with Gasteiger partial charge in [-0.25, -0.2) is 12.8 Å². The summed E-state index contributed by atoms with van der Waals surface area (Å²) in [6, 6.07) is 18.3. The largest absolute Gasteiger partial charge is 0.496 e. The minimum absolute atomic E-state index is 0.0428. The summed E-state index contributed by atoms with van der Waals surface area (Å²) in [6.07, 6.45) is -0.152. The molecule has 0 aliphatic carbocycles. The monoisotopic (exact) mass is 483 g/mol. The van der Waals surface area contributed by atoms with Crippen LogP contribution in [0, 0.1) is 12.7 Å². The molecule has 178 valence electrons. The Labute approximate surface area is 198 Å². The molecule has 0 aliphatic heterocycles. The van der Waals surface area contributed by atoms with E-state index in [9.17, 15) is 22.4 Å². The molecule has 6 nitrogen and oxygen atoms in total. The molecule has 0 heterocycles. The maximum atomic E-state index is 13.3. The van der Waals surface area contributed by atoms with Crippen LogP contribution in [0.4, 0.5) is 4.39 Å². The number of aryl methyl sites for hydroxylation is 1. The smallest absolute Gasteiger partial charge is 0.220 e. The number of halogens is 1. The third-order valence-corrected chi connectivity index (χ3v) is 7.52. The van der Waals surface area contributed by atoms with Crippen LogP contribution < -0.4 is 10.1 Å². The molecule has 0 radical (unpaired) electrons. The van der Waals surface area contributed by atoms with Gasteiger partial charge in [-0.3, -0.25) is 9.59 Å². The molecule has 1 unspecified atom stereocenters. The molecule has 0 saturated carbocycles. The van der Waals surface area contributed by atoms with Gasteiger partial charge >= 0.3 is 0 Å². The van der Waals surface area contributed by atoms with Crippen LogP contribution in [0.3, 0.4) is 0 Å².